The largest absolute Gasteiger partial charge is 0.493 e. The topological polar surface area (TPSA) is 45.3 Å². The predicted octanol–water partition coefficient (Wildman–Crippen LogP) is 5.74. The minimum atomic E-state index is -1.12. The minimum absolute atomic E-state index is 0. The molecular formula is C22H21ClF2N2O2S. The summed E-state index contributed by atoms with van der Waals surface area (Å²) < 4.78 is 35.4. The standard InChI is InChI=1S/C22H20F2N2O2S.ClH/c1-11(26(2)3)12-5-7-13(8-6-12)15-16-14-9-10-29-21(14)22(27)25-19(16)17(23)18(24)20(15)28-4;/h5-11H,1-4H3,(H,25,27);1H. The summed E-state index contributed by atoms with van der Waals surface area (Å²) in [5.41, 5.74) is 1.61. The van der Waals surface area contributed by atoms with Crippen LogP contribution in [0.15, 0.2) is 40.5 Å². The maximum atomic E-state index is 14.8. The highest BCUT2D eigenvalue weighted by Crippen LogP contribution is 2.43. The lowest BCUT2D eigenvalue weighted by molar-refractivity contribution is 0.321. The van der Waals surface area contributed by atoms with E-state index in [-0.39, 0.29) is 29.7 Å². The fourth-order valence-corrected chi connectivity index (χ4v) is 4.40. The van der Waals surface area contributed by atoms with E-state index >= 15 is 0 Å². The van der Waals surface area contributed by atoms with Gasteiger partial charge in [-0.2, -0.15) is 4.39 Å². The second kappa shape index (κ2) is 8.34. The third-order valence-corrected chi connectivity index (χ3v) is 6.29. The van der Waals surface area contributed by atoms with Gasteiger partial charge in [-0.1, -0.05) is 24.3 Å². The number of rotatable bonds is 4. The number of ether oxygens (including phenoxy) is 1. The first-order valence-corrected chi connectivity index (χ1v) is 9.98. The minimum Gasteiger partial charge on any atom is -0.493 e. The normalized spacial score (nSPS) is 12.4. The van der Waals surface area contributed by atoms with E-state index in [9.17, 15) is 13.6 Å². The summed E-state index contributed by atoms with van der Waals surface area (Å²) in [7, 11) is 5.30. The van der Waals surface area contributed by atoms with Crippen LogP contribution in [-0.4, -0.2) is 31.1 Å². The third-order valence-electron chi connectivity index (χ3n) is 5.38. The molecule has 0 aliphatic heterocycles. The summed E-state index contributed by atoms with van der Waals surface area (Å²) in [6.07, 6.45) is 0. The van der Waals surface area contributed by atoms with Gasteiger partial charge in [0.05, 0.1) is 12.6 Å². The van der Waals surface area contributed by atoms with Crippen LogP contribution in [0.4, 0.5) is 8.78 Å². The maximum absolute atomic E-state index is 14.8. The van der Waals surface area contributed by atoms with Gasteiger partial charge in [0.15, 0.2) is 11.6 Å². The molecule has 2 aromatic carbocycles. The van der Waals surface area contributed by atoms with Crippen LogP contribution < -0.4 is 10.3 Å². The van der Waals surface area contributed by atoms with Gasteiger partial charge in [-0.15, -0.1) is 23.7 Å². The Kier molecular flexibility index (Phi) is 6.17. The van der Waals surface area contributed by atoms with Gasteiger partial charge in [-0.05, 0) is 43.6 Å². The Balaban J connectivity index is 0.00000256. The maximum Gasteiger partial charge on any atom is 0.266 e. The number of benzene rings is 2. The second-order valence-corrected chi connectivity index (χ2v) is 8.08. The molecular weight excluding hydrogens is 430 g/mol. The molecule has 2 heterocycles. The van der Waals surface area contributed by atoms with E-state index < -0.39 is 17.2 Å². The smallest absolute Gasteiger partial charge is 0.266 e. The van der Waals surface area contributed by atoms with E-state index in [1.165, 1.54) is 18.4 Å². The van der Waals surface area contributed by atoms with E-state index in [0.717, 1.165) is 5.56 Å². The second-order valence-electron chi connectivity index (χ2n) is 7.17. The Morgan fingerprint density at radius 2 is 1.77 bits per heavy atom. The number of methoxy groups -OCH3 is 1. The number of H-pyrrole nitrogens is 1. The molecule has 4 nitrogen and oxygen atoms in total. The molecule has 0 aliphatic carbocycles. The van der Waals surface area contributed by atoms with Crippen LogP contribution in [-0.2, 0) is 0 Å². The first-order chi connectivity index (χ1) is 13.8. The molecule has 4 rings (SSSR count). The first-order valence-electron chi connectivity index (χ1n) is 9.10. The molecule has 1 N–H and O–H groups in total. The Morgan fingerprint density at radius 3 is 2.37 bits per heavy atom. The SMILES string of the molecule is COc1c(F)c(F)c2[nH]c(=O)c3sccc3c2c1-c1ccc(C(C)N(C)C)cc1.Cl. The van der Waals surface area contributed by atoms with Gasteiger partial charge in [0.1, 0.15) is 4.70 Å². The fraction of sp³-hybridized carbons (Fsp3) is 0.227. The first kappa shape index (κ1) is 22.2. The van der Waals surface area contributed by atoms with Crippen LogP contribution in [0.1, 0.15) is 18.5 Å². The lowest BCUT2D eigenvalue weighted by atomic mass is 9.95. The van der Waals surface area contributed by atoms with Gasteiger partial charge >= 0.3 is 0 Å². The zero-order valence-electron chi connectivity index (χ0n) is 16.9. The predicted molar refractivity (Wildman–Crippen MR) is 121 cm³/mol. The molecule has 0 saturated heterocycles. The van der Waals surface area contributed by atoms with Gasteiger partial charge in [0.25, 0.3) is 5.56 Å². The lowest BCUT2D eigenvalue weighted by Crippen LogP contribution is -2.16. The molecule has 4 aromatic rings. The molecule has 1 atom stereocenters. The number of pyridine rings is 1. The van der Waals surface area contributed by atoms with E-state index in [4.69, 9.17) is 4.74 Å². The molecule has 1 unspecified atom stereocenters. The van der Waals surface area contributed by atoms with Crippen LogP contribution in [0.25, 0.3) is 32.1 Å². The van der Waals surface area contributed by atoms with E-state index in [1.54, 1.807) is 11.4 Å². The quantitative estimate of drug-likeness (QED) is 0.431. The number of halogens is 3. The van der Waals surface area contributed by atoms with Crippen molar-refractivity contribution in [2.75, 3.05) is 21.2 Å². The van der Waals surface area contributed by atoms with E-state index in [1.807, 2.05) is 38.4 Å². The van der Waals surface area contributed by atoms with Crippen molar-refractivity contribution < 1.29 is 13.5 Å². The molecule has 0 saturated carbocycles. The molecule has 30 heavy (non-hydrogen) atoms. The number of aromatic amines is 1. The number of thiophene rings is 1. The molecule has 0 amide bonds. The van der Waals surface area contributed by atoms with Gasteiger partial charge in [-0.25, -0.2) is 4.39 Å². The summed E-state index contributed by atoms with van der Waals surface area (Å²) >= 11 is 1.26. The Hall–Kier alpha value is -2.48. The number of aromatic nitrogens is 1. The number of fused-ring (bicyclic) bond motifs is 3. The summed E-state index contributed by atoms with van der Waals surface area (Å²) in [6.45, 7) is 2.09. The van der Waals surface area contributed by atoms with Crippen LogP contribution in [0.2, 0.25) is 0 Å². The van der Waals surface area contributed by atoms with Crippen LogP contribution in [0.5, 0.6) is 5.75 Å². The zero-order chi connectivity index (χ0) is 20.9. The third kappa shape index (κ3) is 3.37. The van der Waals surface area contributed by atoms with Crippen molar-refractivity contribution in [3.8, 4) is 16.9 Å². The highest BCUT2D eigenvalue weighted by Gasteiger charge is 2.25. The Bertz CT molecular complexity index is 1280. The Labute approximate surface area is 182 Å². The van der Waals surface area contributed by atoms with Crippen molar-refractivity contribution >= 4 is 44.7 Å². The zero-order valence-corrected chi connectivity index (χ0v) is 18.5. The van der Waals surface area contributed by atoms with Crippen LogP contribution in [0.3, 0.4) is 0 Å². The van der Waals surface area contributed by atoms with Crippen LogP contribution >= 0.6 is 23.7 Å². The van der Waals surface area contributed by atoms with Gasteiger partial charge < -0.3 is 14.6 Å². The highest BCUT2D eigenvalue weighted by atomic mass is 35.5. The number of hydrogen-bond donors (Lipinski definition) is 1. The van der Waals surface area contributed by atoms with Crippen molar-refractivity contribution in [2.45, 2.75) is 13.0 Å². The summed E-state index contributed by atoms with van der Waals surface area (Å²) in [4.78, 5) is 16.9. The van der Waals surface area contributed by atoms with Crippen molar-refractivity contribution in [3.63, 3.8) is 0 Å². The van der Waals surface area contributed by atoms with E-state index in [0.29, 0.717) is 26.6 Å². The molecule has 0 radical (unpaired) electrons. The number of hydrogen-bond acceptors (Lipinski definition) is 4. The van der Waals surface area contributed by atoms with E-state index in [2.05, 4.69) is 16.8 Å². The number of nitrogens with one attached hydrogen (secondary N) is 1. The molecule has 8 heteroatoms. The van der Waals surface area contributed by atoms with Crippen molar-refractivity contribution in [2.24, 2.45) is 0 Å². The van der Waals surface area contributed by atoms with Gasteiger partial charge in [-0.3, -0.25) is 4.79 Å². The average Bonchev–Trinajstić information content (AvgIpc) is 3.21. The molecule has 0 aliphatic rings. The fourth-order valence-electron chi connectivity index (χ4n) is 3.60. The molecule has 158 valence electrons. The van der Waals surface area contributed by atoms with Gasteiger partial charge in [0, 0.05) is 22.4 Å². The average molecular weight is 451 g/mol. The highest BCUT2D eigenvalue weighted by molar-refractivity contribution is 7.17. The number of nitrogens with zero attached hydrogens (tertiary/aromatic N) is 1. The Morgan fingerprint density at radius 1 is 1.10 bits per heavy atom. The van der Waals surface area contributed by atoms with Gasteiger partial charge in [0.2, 0.25) is 5.82 Å². The lowest BCUT2D eigenvalue weighted by Gasteiger charge is -2.21. The summed E-state index contributed by atoms with van der Waals surface area (Å²) in [5.74, 6) is -2.42. The monoisotopic (exact) mass is 450 g/mol. The molecule has 0 spiro atoms. The molecule has 0 bridgehead atoms. The molecule has 0 fully saturated rings. The van der Waals surface area contributed by atoms with Crippen molar-refractivity contribution in [1.29, 1.82) is 0 Å². The van der Waals surface area contributed by atoms with Crippen molar-refractivity contribution in [3.05, 3.63) is 63.3 Å². The summed E-state index contributed by atoms with van der Waals surface area (Å²) in [5, 5.41) is 2.77. The molecule has 2 aromatic heterocycles. The van der Waals surface area contributed by atoms with Crippen LogP contribution in [0, 0.1) is 11.6 Å². The van der Waals surface area contributed by atoms with Crippen molar-refractivity contribution in [1.82, 2.24) is 9.88 Å². The summed E-state index contributed by atoms with van der Waals surface area (Å²) in [6, 6.07) is 9.61.